The lowest BCUT2D eigenvalue weighted by atomic mass is 10.0. The molecule has 0 N–H and O–H groups in total. The molecular formula is C13H20N6O2. The zero-order valence-corrected chi connectivity index (χ0v) is 12.8. The van der Waals surface area contributed by atoms with Gasteiger partial charge in [-0.05, 0) is 20.8 Å². The van der Waals surface area contributed by atoms with Gasteiger partial charge in [0.05, 0.1) is 11.0 Å². The standard InChI is InChI=1S/C13H20N6O2/c1-10-11(19(20)21)12(16(4)15-10)17-5-7-18(8-6-17)13(2,3)9-14/h5-8H2,1-4H3. The van der Waals surface area contributed by atoms with E-state index < -0.39 is 5.54 Å². The van der Waals surface area contributed by atoms with Crippen molar-refractivity contribution in [3.8, 4) is 6.07 Å². The number of hydrogen-bond acceptors (Lipinski definition) is 6. The molecule has 0 atom stereocenters. The summed E-state index contributed by atoms with van der Waals surface area (Å²) in [6.45, 7) is 8.11. The minimum absolute atomic E-state index is 0.0745. The Labute approximate surface area is 123 Å². The summed E-state index contributed by atoms with van der Waals surface area (Å²) in [6, 6.07) is 2.29. The lowest BCUT2D eigenvalue weighted by molar-refractivity contribution is -0.384. The highest BCUT2D eigenvalue weighted by Gasteiger charge is 2.34. The second-order valence-electron chi connectivity index (χ2n) is 5.78. The van der Waals surface area contributed by atoms with Crippen LogP contribution in [0.5, 0.6) is 0 Å². The second kappa shape index (κ2) is 5.33. The molecule has 0 saturated carbocycles. The molecular weight excluding hydrogens is 272 g/mol. The van der Waals surface area contributed by atoms with E-state index in [2.05, 4.69) is 16.1 Å². The number of anilines is 1. The maximum atomic E-state index is 11.2. The highest BCUT2D eigenvalue weighted by Crippen LogP contribution is 2.32. The Morgan fingerprint density at radius 1 is 1.33 bits per heavy atom. The van der Waals surface area contributed by atoms with Crippen molar-refractivity contribution in [1.29, 1.82) is 5.26 Å². The molecule has 1 aromatic rings. The molecule has 8 heteroatoms. The van der Waals surface area contributed by atoms with Crippen LogP contribution in [0.15, 0.2) is 0 Å². The molecule has 0 radical (unpaired) electrons. The number of hydrogen-bond donors (Lipinski definition) is 0. The highest BCUT2D eigenvalue weighted by atomic mass is 16.6. The Kier molecular flexibility index (Phi) is 3.87. The molecule has 1 aromatic heterocycles. The van der Waals surface area contributed by atoms with Gasteiger partial charge in [-0.1, -0.05) is 0 Å². The van der Waals surface area contributed by atoms with Gasteiger partial charge in [-0.3, -0.25) is 15.0 Å². The first kappa shape index (κ1) is 15.3. The van der Waals surface area contributed by atoms with Crippen molar-refractivity contribution in [1.82, 2.24) is 14.7 Å². The normalized spacial score (nSPS) is 16.8. The van der Waals surface area contributed by atoms with E-state index in [1.807, 2.05) is 18.7 Å². The second-order valence-corrected chi connectivity index (χ2v) is 5.78. The molecule has 1 aliphatic rings. The first-order chi connectivity index (χ1) is 9.77. The molecule has 0 bridgehead atoms. The van der Waals surface area contributed by atoms with E-state index in [0.717, 1.165) is 0 Å². The van der Waals surface area contributed by atoms with Gasteiger partial charge in [-0.15, -0.1) is 0 Å². The summed E-state index contributed by atoms with van der Waals surface area (Å²) < 4.78 is 1.57. The van der Waals surface area contributed by atoms with Crippen LogP contribution in [-0.2, 0) is 7.05 Å². The minimum atomic E-state index is -0.513. The summed E-state index contributed by atoms with van der Waals surface area (Å²) in [5.41, 5.74) is -0.0109. The van der Waals surface area contributed by atoms with Crippen molar-refractivity contribution in [3.05, 3.63) is 15.8 Å². The average molecular weight is 292 g/mol. The van der Waals surface area contributed by atoms with Gasteiger partial charge >= 0.3 is 5.69 Å². The van der Waals surface area contributed by atoms with Gasteiger partial charge in [-0.2, -0.15) is 10.4 Å². The molecule has 8 nitrogen and oxygen atoms in total. The zero-order chi connectivity index (χ0) is 15.8. The van der Waals surface area contributed by atoms with Crippen molar-refractivity contribution < 1.29 is 4.92 Å². The van der Waals surface area contributed by atoms with Crippen LogP contribution in [0.4, 0.5) is 11.5 Å². The monoisotopic (exact) mass is 292 g/mol. The van der Waals surface area contributed by atoms with Crippen LogP contribution in [0.2, 0.25) is 0 Å². The van der Waals surface area contributed by atoms with Crippen molar-refractivity contribution in [2.24, 2.45) is 7.05 Å². The van der Waals surface area contributed by atoms with E-state index in [4.69, 9.17) is 0 Å². The van der Waals surface area contributed by atoms with Crippen LogP contribution in [0.1, 0.15) is 19.5 Å². The summed E-state index contributed by atoms with van der Waals surface area (Å²) in [4.78, 5) is 14.9. The summed E-state index contributed by atoms with van der Waals surface area (Å²) in [5, 5.41) is 24.6. The molecule has 21 heavy (non-hydrogen) atoms. The van der Waals surface area contributed by atoms with Crippen molar-refractivity contribution >= 4 is 11.5 Å². The maximum absolute atomic E-state index is 11.2. The molecule has 0 aromatic carbocycles. The van der Waals surface area contributed by atoms with Gasteiger partial charge in [0.2, 0.25) is 5.82 Å². The number of aromatic nitrogens is 2. The maximum Gasteiger partial charge on any atom is 0.333 e. The lowest BCUT2D eigenvalue weighted by Crippen LogP contribution is -2.54. The number of nitrogens with zero attached hydrogens (tertiary/aromatic N) is 6. The van der Waals surface area contributed by atoms with Crippen LogP contribution in [-0.4, -0.2) is 51.3 Å². The van der Waals surface area contributed by atoms with Crippen LogP contribution in [0, 0.1) is 28.4 Å². The van der Waals surface area contributed by atoms with E-state index in [9.17, 15) is 15.4 Å². The van der Waals surface area contributed by atoms with Crippen molar-refractivity contribution in [3.63, 3.8) is 0 Å². The quantitative estimate of drug-likeness (QED) is 0.611. The van der Waals surface area contributed by atoms with Gasteiger partial charge in [-0.25, -0.2) is 4.68 Å². The van der Waals surface area contributed by atoms with E-state index in [-0.39, 0.29) is 10.6 Å². The third-order valence-corrected chi connectivity index (χ3v) is 3.99. The fraction of sp³-hybridized carbons (Fsp3) is 0.692. The Bertz CT molecular complexity index is 593. The predicted octanol–water partition coefficient (Wildman–Crippen LogP) is 1.06. The first-order valence-electron chi connectivity index (χ1n) is 6.87. The Morgan fingerprint density at radius 2 is 1.90 bits per heavy atom. The highest BCUT2D eigenvalue weighted by molar-refractivity contribution is 5.61. The molecule has 1 fully saturated rings. The van der Waals surface area contributed by atoms with Crippen LogP contribution in [0.3, 0.4) is 0 Å². The van der Waals surface area contributed by atoms with Crippen molar-refractivity contribution in [2.75, 3.05) is 31.1 Å². The molecule has 0 spiro atoms. The van der Waals surface area contributed by atoms with Crippen LogP contribution >= 0.6 is 0 Å². The Hall–Kier alpha value is -2.14. The van der Waals surface area contributed by atoms with Crippen molar-refractivity contribution in [2.45, 2.75) is 26.3 Å². The van der Waals surface area contributed by atoms with E-state index >= 15 is 0 Å². The van der Waals surface area contributed by atoms with Gasteiger partial charge in [0.1, 0.15) is 11.2 Å². The number of nitro groups is 1. The smallest absolute Gasteiger partial charge is 0.333 e. The summed E-state index contributed by atoms with van der Waals surface area (Å²) >= 11 is 0. The molecule has 114 valence electrons. The van der Waals surface area contributed by atoms with E-state index in [1.165, 1.54) is 0 Å². The number of aryl methyl sites for hydroxylation is 2. The number of piperazine rings is 1. The fourth-order valence-electron chi connectivity index (χ4n) is 2.75. The summed E-state index contributed by atoms with van der Waals surface area (Å²) in [6.07, 6.45) is 0. The largest absolute Gasteiger partial charge is 0.349 e. The predicted molar refractivity (Wildman–Crippen MR) is 78.1 cm³/mol. The average Bonchev–Trinajstić information content (AvgIpc) is 2.73. The molecule has 2 rings (SSSR count). The van der Waals surface area contributed by atoms with Gasteiger partial charge in [0, 0.05) is 33.2 Å². The van der Waals surface area contributed by atoms with E-state index in [1.54, 1.807) is 18.7 Å². The third kappa shape index (κ3) is 2.69. The fourth-order valence-corrected chi connectivity index (χ4v) is 2.75. The Balaban J connectivity index is 2.21. The minimum Gasteiger partial charge on any atom is -0.349 e. The zero-order valence-electron chi connectivity index (χ0n) is 12.8. The molecule has 0 aliphatic carbocycles. The van der Waals surface area contributed by atoms with E-state index in [0.29, 0.717) is 37.7 Å². The molecule has 1 saturated heterocycles. The molecule has 0 amide bonds. The first-order valence-corrected chi connectivity index (χ1v) is 6.87. The number of rotatable bonds is 3. The summed E-state index contributed by atoms with van der Waals surface area (Å²) in [7, 11) is 1.72. The van der Waals surface area contributed by atoms with Gasteiger partial charge in [0.15, 0.2) is 0 Å². The van der Waals surface area contributed by atoms with Crippen LogP contribution < -0.4 is 4.90 Å². The Morgan fingerprint density at radius 3 is 2.38 bits per heavy atom. The molecule has 1 aliphatic heterocycles. The summed E-state index contributed by atoms with van der Waals surface area (Å²) in [5.74, 6) is 0.548. The van der Waals surface area contributed by atoms with Crippen LogP contribution in [0.25, 0.3) is 0 Å². The van der Waals surface area contributed by atoms with Gasteiger partial charge < -0.3 is 4.90 Å². The topological polar surface area (TPSA) is 91.2 Å². The third-order valence-electron chi connectivity index (χ3n) is 3.99. The number of nitriles is 1. The molecule has 0 unspecified atom stereocenters. The SMILES string of the molecule is Cc1nn(C)c(N2CCN(C(C)(C)C#N)CC2)c1[N+](=O)[O-]. The lowest BCUT2D eigenvalue weighted by Gasteiger charge is -2.40. The van der Waals surface area contributed by atoms with Gasteiger partial charge in [0.25, 0.3) is 0 Å². The molecule has 2 heterocycles.